The molecule has 1 fully saturated rings. The van der Waals surface area contributed by atoms with E-state index in [4.69, 9.17) is 4.74 Å². The molecule has 0 radical (unpaired) electrons. The maximum Gasteiger partial charge on any atom is 0.216 e. The van der Waals surface area contributed by atoms with E-state index in [1.54, 1.807) is 4.31 Å². The van der Waals surface area contributed by atoms with Crippen LogP contribution in [0.15, 0.2) is 0 Å². The van der Waals surface area contributed by atoms with Crippen molar-refractivity contribution in [2.75, 3.05) is 38.5 Å². The zero-order valence-corrected chi connectivity index (χ0v) is 13.2. The van der Waals surface area contributed by atoms with Gasteiger partial charge in [0.25, 0.3) is 0 Å². The molecule has 19 heavy (non-hydrogen) atoms. The fraction of sp³-hybridized carbons (Fsp3) is 1.00. The van der Waals surface area contributed by atoms with Crippen molar-refractivity contribution in [3.63, 3.8) is 0 Å². The van der Waals surface area contributed by atoms with E-state index in [9.17, 15) is 8.42 Å². The zero-order valence-electron chi connectivity index (χ0n) is 12.4. The lowest BCUT2D eigenvalue weighted by Crippen LogP contribution is -2.42. The summed E-state index contributed by atoms with van der Waals surface area (Å²) in [6, 6.07) is 0. The second-order valence-electron chi connectivity index (χ2n) is 5.39. The van der Waals surface area contributed by atoms with Gasteiger partial charge in [-0.15, -0.1) is 0 Å². The Hall–Kier alpha value is -0.170. The first kappa shape index (κ1) is 16.9. The Morgan fingerprint density at radius 3 is 2.47 bits per heavy atom. The van der Waals surface area contributed by atoms with Gasteiger partial charge in [-0.05, 0) is 45.7 Å². The van der Waals surface area contributed by atoms with Crippen LogP contribution in [-0.2, 0) is 14.8 Å². The molecule has 6 heteroatoms. The van der Waals surface area contributed by atoms with E-state index in [0.29, 0.717) is 19.0 Å². The van der Waals surface area contributed by atoms with Crippen molar-refractivity contribution < 1.29 is 13.2 Å². The minimum Gasteiger partial charge on any atom is -0.378 e. The van der Waals surface area contributed by atoms with Crippen LogP contribution in [0.4, 0.5) is 0 Å². The third kappa shape index (κ3) is 6.21. The minimum absolute atomic E-state index is 0.0843. The molecule has 1 heterocycles. The maximum absolute atomic E-state index is 12.1. The van der Waals surface area contributed by atoms with Crippen molar-refractivity contribution in [3.8, 4) is 0 Å². The summed E-state index contributed by atoms with van der Waals surface area (Å²) in [7, 11) is -3.14. The Labute approximate surface area is 117 Å². The van der Waals surface area contributed by atoms with Crippen LogP contribution in [0.1, 0.15) is 33.6 Å². The number of ether oxygens (including phenoxy) is 1. The van der Waals surface area contributed by atoms with E-state index < -0.39 is 10.0 Å². The van der Waals surface area contributed by atoms with E-state index in [2.05, 4.69) is 12.2 Å². The summed E-state index contributed by atoms with van der Waals surface area (Å²) in [5, 5.41) is 3.33. The molecule has 0 amide bonds. The standard InChI is InChI=1S/C13H28N2O3S/c1-4-14-11-13-5-7-15(8-6-13)19(16,17)10-9-18-12(2)3/h12-14H,4-11H2,1-3H3. The number of nitrogens with zero attached hydrogens (tertiary/aromatic N) is 1. The number of piperidine rings is 1. The smallest absolute Gasteiger partial charge is 0.216 e. The molecule has 1 aliphatic heterocycles. The van der Waals surface area contributed by atoms with E-state index in [-0.39, 0.29) is 18.5 Å². The van der Waals surface area contributed by atoms with Crippen LogP contribution in [0.25, 0.3) is 0 Å². The predicted octanol–water partition coefficient (Wildman–Crippen LogP) is 1.06. The Kier molecular flexibility index (Phi) is 7.28. The summed E-state index contributed by atoms with van der Waals surface area (Å²) in [6.45, 7) is 9.50. The molecule has 0 aromatic carbocycles. The lowest BCUT2D eigenvalue weighted by atomic mass is 9.98. The topological polar surface area (TPSA) is 58.6 Å². The number of hydrogen-bond donors (Lipinski definition) is 1. The minimum atomic E-state index is -3.14. The van der Waals surface area contributed by atoms with Gasteiger partial charge in [-0.25, -0.2) is 12.7 Å². The Bertz CT molecular complexity index is 336. The van der Waals surface area contributed by atoms with Crippen LogP contribution in [-0.4, -0.2) is 57.4 Å². The number of sulfonamides is 1. The third-order valence-electron chi connectivity index (χ3n) is 3.44. The van der Waals surface area contributed by atoms with Crippen molar-refractivity contribution in [2.24, 2.45) is 5.92 Å². The van der Waals surface area contributed by atoms with Gasteiger partial charge in [-0.2, -0.15) is 0 Å². The van der Waals surface area contributed by atoms with Gasteiger partial charge in [0.2, 0.25) is 10.0 Å². The van der Waals surface area contributed by atoms with Crippen LogP contribution in [0.2, 0.25) is 0 Å². The summed E-state index contributed by atoms with van der Waals surface area (Å²) in [5.74, 6) is 0.710. The molecule has 0 saturated carbocycles. The fourth-order valence-electron chi connectivity index (χ4n) is 2.26. The normalized spacial score (nSPS) is 19.2. The predicted molar refractivity (Wildman–Crippen MR) is 77.7 cm³/mol. The van der Waals surface area contributed by atoms with Crippen LogP contribution >= 0.6 is 0 Å². The number of nitrogens with one attached hydrogen (secondary N) is 1. The van der Waals surface area contributed by atoms with Crippen molar-refractivity contribution in [2.45, 2.75) is 39.7 Å². The van der Waals surface area contributed by atoms with E-state index in [0.717, 1.165) is 25.9 Å². The molecule has 1 rings (SSSR count). The molecule has 0 aliphatic carbocycles. The van der Waals surface area contributed by atoms with Gasteiger partial charge in [-0.1, -0.05) is 6.92 Å². The summed E-state index contributed by atoms with van der Waals surface area (Å²) in [5.41, 5.74) is 0. The molecule has 1 saturated heterocycles. The second-order valence-corrected chi connectivity index (χ2v) is 7.47. The highest BCUT2D eigenvalue weighted by atomic mass is 32.2. The van der Waals surface area contributed by atoms with Crippen LogP contribution in [0.5, 0.6) is 0 Å². The fourth-order valence-corrected chi connectivity index (χ4v) is 3.59. The van der Waals surface area contributed by atoms with Gasteiger partial charge in [0, 0.05) is 13.1 Å². The maximum atomic E-state index is 12.1. The average molecular weight is 292 g/mol. The van der Waals surface area contributed by atoms with Crippen molar-refractivity contribution >= 4 is 10.0 Å². The van der Waals surface area contributed by atoms with Crippen LogP contribution in [0.3, 0.4) is 0 Å². The molecule has 0 aromatic heterocycles. The molecular weight excluding hydrogens is 264 g/mol. The zero-order chi connectivity index (χ0) is 14.3. The molecule has 1 aliphatic rings. The largest absolute Gasteiger partial charge is 0.378 e. The van der Waals surface area contributed by atoms with E-state index in [1.807, 2.05) is 13.8 Å². The first-order valence-electron chi connectivity index (χ1n) is 7.26. The van der Waals surface area contributed by atoms with Crippen LogP contribution in [0, 0.1) is 5.92 Å². The molecule has 0 spiro atoms. The van der Waals surface area contributed by atoms with Crippen molar-refractivity contribution in [1.29, 1.82) is 0 Å². The highest BCUT2D eigenvalue weighted by Crippen LogP contribution is 2.19. The van der Waals surface area contributed by atoms with Crippen LogP contribution < -0.4 is 5.32 Å². The number of rotatable bonds is 8. The highest BCUT2D eigenvalue weighted by molar-refractivity contribution is 7.89. The second kappa shape index (κ2) is 8.19. The molecule has 114 valence electrons. The first-order chi connectivity index (χ1) is 8.95. The SMILES string of the molecule is CCNCC1CCN(S(=O)(=O)CCOC(C)C)CC1. The molecule has 5 nitrogen and oxygen atoms in total. The van der Waals surface area contributed by atoms with Gasteiger partial charge < -0.3 is 10.1 Å². The molecule has 1 N–H and O–H groups in total. The van der Waals surface area contributed by atoms with Gasteiger partial charge in [-0.3, -0.25) is 0 Å². The Morgan fingerprint density at radius 1 is 1.32 bits per heavy atom. The summed E-state index contributed by atoms with van der Waals surface area (Å²) >= 11 is 0. The quantitative estimate of drug-likeness (QED) is 0.727. The van der Waals surface area contributed by atoms with Gasteiger partial charge in [0.15, 0.2) is 0 Å². The van der Waals surface area contributed by atoms with Gasteiger partial charge >= 0.3 is 0 Å². The lowest BCUT2D eigenvalue weighted by Gasteiger charge is -2.31. The monoisotopic (exact) mass is 292 g/mol. The van der Waals surface area contributed by atoms with Crippen molar-refractivity contribution in [3.05, 3.63) is 0 Å². The third-order valence-corrected chi connectivity index (χ3v) is 5.28. The van der Waals surface area contributed by atoms with Gasteiger partial charge in [0.05, 0.1) is 18.5 Å². The van der Waals surface area contributed by atoms with E-state index >= 15 is 0 Å². The molecule has 0 atom stereocenters. The molecular formula is C13H28N2O3S. The van der Waals surface area contributed by atoms with Gasteiger partial charge in [0.1, 0.15) is 0 Å². The van der Waals surface area contributed by atoms with Crippen molar-refractivity contribution in [1.82, 2.24) is 9.62 Å². The summed E-state index contributed by atoms with van der Waals surface area (Å²) in [6.07, 6.45) is 2.00. The first-order valence-corrected chi connectivity index (χ1v) is 8.86. The van der Waals surface area contributed by atoms with E-state index in [1.165, 1.54) is 0 Å². The lowest BCUT2D eigenvalue weighted by molar-refractivity contribution is 0.0905. The Balaban J connectivity index is 2.32. The highest BCUT2D eigenvalue weighted by Gasteiger charge is 2.27. The number of hydrogen-bond acceptors (Lipinski definition) is 4. The summed E-state index contributed by atoms with van der Waals surface area (Å²) < 4.78 is 31.2. The molecule has 0 aromatic rings. The summed E-state index contributed by atoms with van der Waals surface area (Å²) in [4.78, 5) is 0. The molecule has 0 bridgehead atoms. The Morgan fingerprint density at radius 2 is 1.95 bits per heavy atom. The average Bonchev–Trinajstić information content (AvgIpc) is 2.36. The molecule has 0 unspecified atom stereocenters.